The second-order valence-electron chi connectivity index (χ2n) is 20.5. The zero-order valence-corrected chi connectivity index (χ0v) is 42.9. The average Bonchev–Trinajstić information content (AvgIpc) is 4.29. The molecule has 80 heavy (non-hydrogen) atoms. The van der Waals surface area contributed by atoms with E-state index in [0.717, 1.165) is 154 Å². The summed E-state index contributed by atoms with van der Waals surface area (Å²) >= 11 is 0. The summed E-state index contributed by atoms with van der Waals surface area (Å²) in [7, 11) is 0. The maximum Gasteiger partial charge on any atom is 0.187 e. The van der Waals surface area contributed by atoms with Gasteiger partial charge < -0.3 is 18.6 Å². The highest BCUT2D eigenvalue weighted by molar-refractivity contribution is 6.30. The summed E-state index contributed by atoms with van der Waals surface area (Å²) < 4.78 is 14.6. The van der Waals surface area contributed by atoms with E-state index in [-0.39, 0.29) is 0 Å². The van der Waals surface area contributed by atoms with Crippen LogP contribution in [0.3, 0.4) is 0 Å². The topological polar surface area (TPSA) is 60.9 Å². The molecule has 0 saturated carbocycles. The number of para-hydroxylation sites is 2. The summed E-state index contributed by atoms with van der Waals surface area (Å²) in [6.45, 7) is 7.89. The molecule has 0 radical (unpaired) electrons. The van der Waals surface area contributed by atoms with Crippen molar-refractivity contribution in [2.75, 3.05) is 9.80 Å². The van der Waals surface area contributed by atoms with Crippen LogP contribution in [0.1, 0.15) is 5.56 Å². The molecule has 6 nitrogen and oxygen atoms in total. The zero-order chi connectivity index (χ0) is 53.0. The minimum Gasteiger partial charge on any atom is -0.453 e. The van der Waals surface area contributed by atoms with E-state index in [1.807, 2.05) is 60.7 Å². The average molecular weight is 1020 g/mol. The molecule has 6 heteroatoms. The summed E-state index contributed by atoms with van der Waals surface area (Å²) in [5.74, 6) is 0. The fourth-order valence-electron chi connectivity index (χ4n) is 12.6. The largest absolute Gasteiger partial charge is 0.453 e. The molecule has 16 rings (SSSR count). The van der Waals surface area contributed by atoms with Crippen LogP contribution >= 0.6 is 0 Å². The van der Waals surface area contributed by atoms with Crippen LogP contribution in [0.2, 0.25) is 0 Å². The molecule has 0 unspecified atom stereocenters. The lowest BCUT2D eigenvalue weighted by Gasteiger charge is -2.29. The third kappa shape index (κ3) is 6.77. The van der Waals surface area contributed by atoms with Crippen LogP contribution in [0.5, 0.6) is 0 Å². The van der Waals surface area contributed by atoms with E-state index in [1.165, 1.54) is 0 Å². The van der Waals surface area contributed by atoms with Crippen molar-refractivity contribution in [2.45, 2.75) is 0 Å². The third-order valence-corrected chi connectivity index (χ3v) is 16.2. The Kier molecular flexibility index (Phi) is 9.96. The van der Waals surface area contributed by atoms with Crippen LogP contribution in [-0.4, -0.2) is 0 Å². The fraction of sp³-hybridized carbons (Fsp3) is 0. The number of fused-ring (bicyclic) bond motifs is 10. The van der Waals surface area contributed by atoms with Gasteiger partial charge in [0.05, 0.1) is 41.0 Å². The van der Waals surface area contributed by atoms with Gasteiger partial charge in [-0.25, -0.2) is 4.85 Å². The second-order valence-corrected chi connectivity index (χ2v) is 20.5. The summed E-state index contributed by atoms with van der Waals surface area (Å²) in [4.78, 5) is 8.38. The van der Waals surface area contributed by atoms with Crippen molar-refractivity contribution in [3.05, 3.63) is 272 Å². The maximum absolute atomic E-state index is 10.0. The van der Waals surface area contributed by atoms with Crippen LogP contribution in [0, 0.1) is 17.9 Å². The van der Waals surface area contributed by atoms with E-state index in [1.54, 1.807) is 0 Å². The molecule has 16 aromatic rings. The molecule has 0 amide bonds. The van der Waals surface area contributed by atoms with Crippen molar-refractivity contribution in [2.24, 2.45) is 0 Å². The van der Waals surface area contributed by atoms with Gasteiger partial charge in [-0.1, -0.05) is 182 Å². The summed E-state index contributed by atoms with van der Waals surface area (Å²) in [6, 6.07) is 91.3. The lowest BCUT2D eigenvalue weighted by molar-refractivity contribution is 0.670. The van der Waals surface area contributed by atoms with Crippen molar-refractivity contribution in [1.29, 1.82) is 5.26 Å². The van der Waals surface area contributed by atoms with E-state index in [2.05, 4.69) is 215 Å². The van der Waals surface area contributed by atoms with Crippen LogP contribution in [0.15, 0.2) is 264 Å². The molecule has 370 valence electrons. The lowest BCUT2D eigenvalue weighted by atomic mass is 9.91. The lowest BCUT2D eigenvalue weighted by Crippen LogP contribution is -2.12. The monoisotopic (exact) mass is 1020 g/mol. The summed E-state index contributed by atoms with van der Waals surface area (Å²) in [6.07, 6.45) is 0. The van der Waals surface area contributed by atoms with Crippen molar-refractivity contribution in [1.82, 2.24) is 0 Å². The quantitative estimate of drug-likeness (QED) is 0.112. The Balaban J connectivity index is 0.949. The number of nitriles is 1. The van der Waals surface area contributed by atoms with Gasteiger partial charge in [0.25, 0.3) is 0 Å². The number of anilines is 6. The van der Waals surface area contributed by atoms with Gasteiger partial charge in [0, 0.05) is 54.8 Å². The van der Waals surface area contributed by atoms with E-state index in [0.29, 0.717) is 11.3 Å². The molecular weight excluding hydrogens is 977 g/mol. The first-order valence-corrected chi connectivity index (χ1v) is 26.7. The van der Waals surface area contributed by atoms with Gasteiger partial charge in [0.1, 0.15) is 11.2 Å². The molecule has 2 heterocycles. The Labute approximate surface area is 459 Å². The highest BCUT2D eigenvalue weighted by Crippen LogP contribution is 2.52. The standard InChI is InChI=1S/C74H42N4O2/c1-76-52-32-36-54(37-33-52)78(66-25-13-23-60-70-56-21-11-9-19-51(56)43-62(74(70)80-72(60)66)47-16-6-3-7-17-47)64-41-31-49-28-38-57-63(40-30-48-29-39-58(64)68(49)67(48)57)77(53-34-26-45(44-75)27-35-53)65-24-12-22-59-69-55-20-10-8-18-50(55)42-61(73(69)79-71(59)65)46-14-4-2-5-15-46/h2-43H. The number of hydrogen-bond acceptors (Lipinski definition) is 5. The van der Waals surface area contributed by atoms with Crippen LogP contribution < -0.4 is 9.80 Å². The van der Waals surface area contributed by atoms with Crippen molar-refractivity contribution in [3.63, 3.8) is 0 Å². The van der Waals surface area contributed by atoms with E-state index in [4.69, 9.17) is 15.4 Å². The first kappa shape index (κ1) is 45.1. The molecular formula is C74H42N4O2. The molecule has 0 N–H and O–H groups in total. The Bertz CT molecular complexity index is 4930. The fourth-order valence-corrected chi connectivity index (χ4v) is 12.6. The highest BCUT2D eigenvalue weighted by Gasteiger charge is 2.28. The van der Waals surface area contributed by atoms with Crippen molar-refractivity contribution in [3.8, 4) is 28.3 Å². The Morgan fingerprint density at radius 2 is 0.762 bits per heavy atom. The number of benzene rings is 14. The minimum absolute atomic E-state index is 0.563. The number of nitrogens with zero attached hydrogens (tertiary/aromatic N) is 4. The van der Waals surface area contributed by atoms with Crippen molar-refractivity contribution < 1.29 is 8.83 Å². The van der Waals surface area contributed by atoms with Gasteiger partial charge in [-0.3, -0.25) is 0 Å². The molecule has 0 bridgehead atoms. The molecule has 0 aliphatic heterocycles. The van der Waals surface area contributed by atoms with E-state index < -0.39 is 0 Å². The molecule has 0 aliphatic rings. The third-order valence-electron chi connectivity index (χ3n) is 16.2. The van der Waals surface area contributed by atoms with Crippen molar-refractivity contribution >= 4 is 138 Å². The number of furan rings is 2. The van der Waals surface area contributed by atoms with Crippen LogP contribution in [-0.2, 0) is 0 Å². The van der Waals surface area contributed by atoms with Crippen LogP contribution in [0.4, 0.5) is 39.8 Å². The molecule has 0 spiro atoms. The maximum atomic E-state index is 10.0. The molecule has 14 aromatic carbocycles. The number of rotatable bonds is 8. The van der Waals surface area contributed by atoms with Gasteiger partial charge in [-0.05, 0) is 127 Å². The predicted molar refractivity (Wildman–Crippen MR) is 331 cm³/mol. The Morgan fingerprint density at radius 3 is 1.23 bits per heavy atom. The van der Waals surface area contributed by atoms with Crippen LogP contribution in [0.25, 0.3) is 125 Å². The molecule has 0 aliphatic carbocycles. The van der Waals surface area contributed by atoms with E-state index in [9.17, 15) is 5.26 Å². The molecule has 0 saturated heterocycles. The molecule has 0 fully saturated rings. The van der Waals surface area contributed by atoms with E-state index >= 15 is 0 Å². The van der Waals surface area contributed by atoms with Gasteiger partial charge in [0.2, 0.25) is 0 Å². The van der Waals surface area contributed by atoms with Gasteiger partial charge in [-0.2, -0.15) is 5.26 Å². The Hall–Kier alpha value is -11.2. The predicted octanol–water partition coefficient (Wildman–Crippen LogP) is 21.4. The Morgan fingerprint density at radius 1 is 0.338 bits per heavy atom. The molecule has 0 atom stereocenters. The first-order chi connectivity index (χ1) is 39.6. The second kappa shape index (κ2) is 17.7. The summed E-state index contributed by atoms with van der Waals surface area (Å²) in [5.41, 5.74) is 14.0. The SMILES string of the molecule is [C-]#[N+]c1ccc(N(c2ccc3ccc4c(N(c5ccc(C#N)cc5)c5cccc6c5oc5c(-c7ccccc7)cc7ccccc7c56)ccc5ccc2c3c54)c2cccc3c2oc2c(-c4ccccc4)cc4ccccc4c23)cc1. The minimum atomic E-state index is 0.563. The zero-order valence-electron chi connectivity index (χ0n) is 42.9. The normalized spacial score (nSPS) is 11.7. The number of hydrogen-bond donors (Lipinski definition) is 0. The van der Waals surface area contributed by atoms with Gasteiger partial charge in [-0.15, -0.1) is 0 Å². The van der Waals surface area contributed by atoms with Gasteiger partial charge in [0.15, 0.2) is 16.9 Å². The van der Waals surface area contributed by atoms with Gasteiger partial charge >= 0.3 is 0 Å². The highest BCUT2D eigenvalue weighted by atomic mass is 16.3. The molecule has 2 aromatic heterocycles. The first-order valence-electron chi connectivity index (χ1n) is 26.7. The smallest absolute Gasteiger partial charge is 0.187 e. The summed E-state index contributed by atoms with van der Waals surface area (Å²) in [5, 5.41) is 25.3.